The topological polar surface area (TPSA) is 58.9 Å². The van der Waals surface area contributed by atoms with Crippen molar-refractivity contribution in [1.82, 2.24) is 0 Å². The maximum absolute atomic E-state index is 10.3. The lowest BCUT2D eigenvalue weighted by Gasteiger charge is -2.31. The van der Waals surface area contributed by atoms with Gasteiger partial charge in [0.05, 0.1) is 12.1 Å². The highest BCUT2D eigenvalue weighted by molar-refractivity contribution is 4.89. The normalized spacial score (nSPS) is 42.2. The first-order valence-electron chi connectivity index (χ1n) is 4.34. The van der Waals surface area contributed by atoms with Crippen molar-refractivity contribution in [3.8, 4) is 0 Å². The third kappa shape index (κ3) is 1.68. The number of nitrogens with zero attached hydrogens (tertiary/aromatic N) is 2. The Morgan fingerprint density at radius 1 is 0.917 bits per heavy atom. The molecule has 0 aliphatic heterocycles. The van der Waals surface area contributed by atoms with Crippen LogP contribution in [0.5, 0.6) is 0 Å². The van der Waals surface area contributed by atoms with Gasteiger partial charge in [-0.3, -0.25) is 0 Å². The van der Waals surface area contributed by atoms with E-state index in [2.05, 4.69) is 10.4 Å². The SMILES string of the molecule is CC1CC(C)C(N=O)CC1N=O. The van der Waals surface area contributed by atoms with Crippen LogP contribution in [0.25, 0.3) is 0 Å². The van der Waals surface area contributed by atoms with E-state index < -0.39 is 0 Å². The van der Waals surface area contributed by atoms with Crippen molar-refractivity contribution >= 4 is 0 Å². The molecule has 0 heterocycles. The number of rotatable bonds is 2. The summed E-state index contributed by atoms with van der Waals surface area (Å²) in [6.45, 7) is 4.01. The van der Waals surface area contributed by atoms with Crippen molar-refractivity contribution < 1.29 is 0 Å². The zero-order chi connectivity index (χ0) is 9.14. The highest BCUT2D eigenvalue weighted by Gasteiger charge is 2.34. The summed E-state index contributed by atoms with van der Waals surface area (Å²) in [6.07, 6.45) is 1.42. The van der Waals surface area contributed by atoms with Gasteiger partial charge in [-0.1, -0.05) is 24.2 Å². The molecule has 1 aliphatic rings. The molecular formula is C8H14N2O2. The van der Waals surface area contributed by atoms with Crippen molar-refractivity contribution in [2.24, 2.45) is 22.2 Å². The zero-order valence-corrected chi connectivity index (χ0v) is 7.43. The summed E-state index contributed by atoms with van der Waals surface area (Å²) in [4.78, 5) is 20.7. The van der Waals surface area contributed by atoms with E-state index in [9.17, 15) is 9.81 Å². The molecule has 0 aromatic heterocycles. The van der Waals surface area contributed by atoms with Gasteiger partial charge < -0.3 is 0 Å². The average Bonchev–Trinajstić information content (AvgIpc) is 2.05. The lowest BCUT2D eigenvalue weighted by Crippen LogP contribution is -2.33. The van der Waals surface area contributed by atoms with Crippen molar-refractivity contribution in [3.63, 3.8) is 0 Å². The Morgan fingerprint density at radius 3 is 1.67 bits per heavy atom. The summed E-state index contributed by atoms with van der Waals surface area (Å²) in [7, 11) is 0. The molecule has 12 heavy (non-hydrogen) atoms. The molecule has 4 unspecified atom stereocenters. The molecule has 68 valence electrons. The van der Waals surface area contributed by atoms with E-state index in [0.717, 1.165) is 6.42 Å². The standard InChI is InChI=1S/C8H14N2O2/c1-5-3-6(2)8(10-12)4-7(5)9-11/h5-8H,3-4H2,1-2H3. The van der Waals surface area contributed by atoms with E-state index in [4.69, 9.17) is 0 Å². The molecule has 4 heteroatoms. The van der Waals surface area contributed by atoms with Crippen LogP contribution in [0.1, 0.15) is 26.7 Å². The van der Waals surface area contributed by atoms with Gasteiger partial charge in [0, 0.05) is 0 Å². The minimum atomic E-state index is -0.205. The molecule has 0 aromatic rings. The molecule has 0 spiro atoms. The molecule has 1 rings (SSSR count). The van der Waals surface area contributed by atoms with Crippen LogP contribution in [0.4, 0.5) is 0 Å². The summed E-state index contributed by atoms with van der Waals surface area (Å²) in [6, 6.07) is -0.409. The van der Waals surface area contributed by atoms with Gasteiger partial charge in [0.1, 0.15) is 0 Å². The van der Waals surface area contributed by atoms with Crippen molar-refractivity contribution in [3.05, 3.63) is 9.81 Å². The zero-order valence-electron chi connectivity index (χ0n) is 7.43. The summed E-state index contributed by atoms with van der Waals surface area (Å²) in [5.41, 5.74) is 0. The van der Waals surface area contributed by atoms with Crippen LogP contribution in [0, 0.1) is 21.6 Å². The van der Waals surface area contributed by atoms with E-state index in [-0.39, 0.29) is 12.1 Å². The number of nitroso groups, excluding NO2 is 2. The summed E-state index contributed by atoms with van der Waals surface area (Å²) in [5, 5.41) is 6.02. The second kappa shape index (κ2) is 3.74. The summed E-state index contributed by atoms with van der Waals surface area (Å²) in [5.74, 6) is 0.603. The molecule has 4 atom stereocenters. The van der Waals surface area contributed by atoms with E-state index in [1.54, 1.807) is 0 Å². The van der Waals surface area contributed by atoms with Crippen LogP contribution in [0.3, 0.4) is 0 Å². The van der Waals surface area contributed by atoms with Crippen LogP contribution >= 0.6 is 0 Å². The Morgan fingerprint density at radius 2 is 1.33 bits per heavy atom. The molecule has 0 amide bonds. The molecule has 1 aliphatic carbocycles. The first-order chi connectivity index (χ1) is 5.69. The fourth-order valence-electron chi connectivity index (χ4n) is 1.91. The van der Waals surface area contributed by atoms with Gasteiger partial charge >= 0.3 is 0 Å². The fourth-order valence-corrected chi connectivity index (χ4v) is 1.91. The van der Waals surface area contributed by atoms with Crippen molar-refractivity contribution in [2.75, 3.05) is 0 Å². The van der Waals surface area contributed by atoms with Gasteiger partial charge in [-0.05, 0) is 24.7 Å². The third-order valence-electron chi connectivity index (χ3n) is 2.81. The van der Waals surface area contributed by atoms with Gasteiger partial charge in [0.25, 0.3) is 0 Å². The van der Waals surface area contributed by atoms with Gasteiger partial charge in [-0.2, -0.15) is 9.81 Å². The quantitative estimate of drug-likeness (QED) is 0.597. The van der Waals surface area contributed by atoms with E-state index in [0.29, 0.717) is 18.3 Å². The molecule has 0 aromatic carbocycles. The predicted octanol–water partition coefficient (Wildman–Crippen LogP) is 2.32. The monoisotopic (exact) mass is 170 g/mol. The van der Waals surface area contributed by atoms with Crippen LogP contribution in [-0.4, -0.2) is 12.1 Å². The van der Waals surface area contributed by atoms with Crippen molar-refractivity contribution in [2.45, 2.75) is 38.8 Å². The van der Waals surface area contributed by atoms with Crippen molar-refractivity contribution in [1.29, 1.82) is 0 Å². The summed E-state index contributed by atoms with van der Waals surface area (Å²) >= 11 is 0. The van der Waals surface area contributed by atoms with Crippen LogP contribution in [0.15, 0.2) is 10.4 Å². The molecule has 0 saturated heterocycles. The first kappa shape index (κ1) is 9.29. The number of hydrogen-bond acceptors (Lipinski definition) is 4. The highest BCUT2D eigenvalue weighted by Crippen LogP contribution is 2.32. The van der Waals surface area contributed by atoms with Crippen LogP contribution in [0.2, 0.25) is 0 Å². The van der Waals surface area contributed by atoms with E-state index in [1.165, 1.54) is 0 Å². The Bertz CT molecular complexity index is 166. The minimum absolute atomic E-state index is 0.205. The summed E-state index contributed by atoms with van der Waals surface area (Å²) < 4.78 is 0. The lowest BCUT2D eigenvalue weighted by molar-refractivity contribution is 0.231. The smallest absolute Gasteiger partial charge is 0.0966 e. The van der Waals surface area contributed by atoms with E-state index >= 15 is 0 Å². The Balaban J connectivity index is 2.62. The van der Waals surface area contributed by atoms with Gasteiger partial charge in [0.15, 0.2) is 0 Å². The molecule has 1 fully saturated rings. The van der Waals surface area contributed by atoms with Gasteiger partial charge in [-0.15, -0.1) is 0 Å². The van der Waals surface area contributed by atoms with Gasteiger partial charge in [0.2, 0.25) is 0 Å². The Kier molecular flexibility index (Phi) is 2.89. The minimum Gasteiger partial charge on any atom is -0.151 e. The van der Waals surface area contributed by atoms with Crippen LogP contribution in [-0.2, 0) is 0 Å². The second-order valence-corrected chi connectivity index (χ2v) is 3.77. The second-order valence-electron chi connectivity index (χ2n) is 3.77. The van der Waals surface area contributed by atoms with Gasteiger partial charge in [-0.25, -0.2) is 0 Å². The molecule has 0 bridgehead atoms. The third-order valence-corrected chi connectivity index (χ3v) is 2.81. The molecular weight excluding hydrogens is 156 g/mol. The lowest BCUT2D eigenvalue weighted by atomic mass is 9.77. The number of hydrogen-bond donors (Lipinski definition) is 0. The maximum atomic E-state index is 10.3. The van der Waals surface area contributed by atoms with Crippen LogP contribution < -0.4 is 0 Å². The highest BCUT2D eigenvalue weighted by atomic mass is 16.3. The van der Waals surface area contributed by atoms with E-state index in [1.807, 2.05) is 13.8 Å². The average molecular weight is 170 g/mol. The predicted molar refractivity (Wildman–Crippen MR) is 46.7 cm³/mol. The first-order valence-corrected chi connectivity index (χ1v) is 4.34. The molecule has 0 N–H and O–H groups in total. The fraction of sp³-hybridized carbons (Fsp3) is 1.00. The molecule has 4 nitrogen and oxygen atoms in total. The Hall–Kier alpha value is -0.800. The maximum Gasteiger partial charge on any atom is 0.0966 e. The largest absolute Gasteiger partial charge is 0.151 e. The Labute approximate surface area is 71.7 Å². The molecule has 0 radical (unpaired) electrons. The molecule has 1 saturated carbocycles.